The molecule has 2 N–H and O–H groups in total. The SMILES string of the molecule is NC1C(=O)N(c2ccc3c(c2)OCO3)C1c1ccc2c(c1)OCO2. The van der Waals surface area contributed by atoms with E-state index in [-0.39, 0.29) is 25.5 Å². The van der Waals surface area contributed by atoms with Crippen LogP contribution in [0.4, 0.5) is 5.69 Å². The van der Waals surface area contributed by atoms with Gasteiger partial charge in [0.05, 0.1) is 6.04 Å². The van der Waals surface area contributed by atoms with E-state index in [0.29, 0.717) is 23.0 Å². The highest BCUT2D eigenvalue weighted by Gasteiger charge is 2.47. The van der Waals surface area contributed by atoms with Crippen molar-refractivity contribution < 1.29 is 23.7 Å². The molecule has 2 aromatic rings. The number of carbonyl (C=O) groups is 1. The van der Waals surface area contributed by atoms with Crippen LogP contribution in [0.25, 0.3) is 0 Å². The number of benzene rings is 2. The standard InChI is InChI=1S/C17H14N2O5/c18-15-16(9-1-3-11-13(5-9)23-7-21-11)19(17(15)20)10-2-4-12-14(6-10)24-8-22-12/h1-6,15-16H,7-8,18H2. The summed E-state index contributed by atoms with van der Waals surface area (Å²) < 4.78 is 21.5. The molecule has 0 saturated carbocycles. The third-order valence-corrected chi connectivity index (χ3v) is 4.51. The quantitative estimate of drug-likeness (QED) is 0.843. The Balaban J connectivity index is 1.52. The lowest BCUT2D eigenvalue weighted by molar-refractivity contribution is -0.126. The Kier molecular flexibility index (Phi) is 2.69. The highest BCUT2D eigenvalue weighted by Crippen LogP contribution is 2.44. The minimum Gasteiger partial charge on any atom is -0.454 e. The fourth-order valence-corrected chi connectivity index (χ4v) is 3.29. The first-order valence-corrected chi connectivity index (χ1v) is 7.60. The van der Waals surface area contributed by atoms with Gasteiger partial charge in [-0.1, -0.05) is 6.07 Å². The summed E-state index contributed by atoms with van der Waals surface area (Å²) >= 11 is 0. The maximum atomic E-state index is 12.4. The molecule has 7 heteroatoms. The van der Waals surface area contributed by atoms with Crippen LogP contribution < -0.4 is 29.6 Å². The molecule has 3 aliphatic rings. The Morgan fingerprint density at radius 1 is 0.875 bits per heavy atom. The van der Waals surface area contributed by atoms with Gasteiger partial charge >= 0.3 is 0 Å². The first-order valence-electron chi connectivity index (χ1n) is 7.60. The molecule has 0 aromatic heterocycles. The predicted octanol–water partition coefficient (Wildman–Crippen LogP) is 1.56. The molecule has 2 aromatic carbocycles. The van der Waals surface area contributed by atoms with Crippen molar-refractivity contribution in [2.24, 2.45) is 5.73 Å². The van der Waals surface area contributed by atoms with Gasteiger partial charge in [-0.15, -0.1) is 0 Å². The summed E-state index contributed by atoms with van der Waals surface area (Å²) in [5.41, 5.74) is 7.70. The maximum absolute atomic E-state index is 12.4. The molecule has 0 spiro atoms. The average Bonchev–Trinajstić information content (AvgIpc) is 3.25. The van der Waals surface area contributed by atoms with Gasteiger partial charge in [-0.2, -0.15) is 0 Å². The van der Waals surface area contributed by atoms with Gasteiger partial charge in [-0.05, 0) is 29.8 Å². The van der Waals surface area contributed by atoms with Gasteiger partial charge in [0, 0.05) is 11.8 Å². The fourth-order valence-electron chi connectivity index (χ4n) is 3.29. The molecule has 0 radical (unpaired) electrons. The van der Waals surface area contributed by atoms with Crippen LogP contribution in [-0.2, 0) is 4.79 Å². The molecule has 2 atom stereocenters. The maximum Gasteiger partial charge on any atom is 0.247 e. The molecular formula is C17H14N2O5. The zero-order valence-corrected chi connectivity index (χ0v) is 12.6. The summed E-state index contributed by atoms with van der Waals surface area (Å²) in [6.45, 7) is 0.401. The van der Waals surface area contributed by atoms with Crippen LogP contribution >= 0.6 is 0 Å². The Morgan fingerprint density at radius 3 is 2.25 bits per heavy atom. The molecule has 3 aliphatic heterocycles. The van der Waals surface area contributed by atoms with Crippen LogP contribution in [0.2, 0.25) is 0 Å². The van der Waals surface area contributed by atoms with Crippen molar-refractivity contribution >= 4 is 11.6 Å². The minimum absolute atomic E-state index is 0.128. The Hall–Kier alpha value is -2.93. The second kappa shape index (κ2) is 4.78. The largest absolute Gasteiger partial charge is 0.454 e. The summed E-state index contributed by atoms with van der Waals surface area (Å²) in [6.07, 6.45) is 0. The molecule has 3 heterocycles. The van der Waals surface area contributed by atoms with E-state index in [9.17, 15) is 4.79 Å². The lowest BCUT2D eigenvalue weighted by Gasteiger charge is -2.45. The molecule has 5 rings (SSSR count). The van der Waals surface area contributed by atoms with Crippen molar-refractivity contribution in [3.8, 4) is 23.0 Å². The molecule has 1 saturated heterocycles. The predicted molar refractivity (Wildman–Crippen MR) is 83.3 cm³/mol. The highest BCUT2D eigenvalue weighted by molar-refractivity contribution is 6.05. The van der Waals surface area contributed by atoms with Crippen molar-refractivity contribution in [3.63, 3.8) is 0 Å². The van der Waals surface area contributed by atoms with E-state index in [4.69, 9.17) is 24.7 Å². The molecular weight excluding hydrogens is 312 g/mol. The van der Waals surface area contributed by atoms with Crippen LogP contribution in [0.15, 0.2) is 36.4 Å². The first-order chi connectivity index (χ1) is 11.7. The molecule has 0 aliphatic carbocycles. The summed E-state index contributed by atoms with van der Waals surface area (Å²) in [5.74, 6) is 2.55. The number of nitrogens with zero attached hydrogens (tertiary/aromatic N) is 1. The van der Waals surface area contributed by atoms with Crippen LogP contribution in [0, 0.1) is 0 Å². The van der Waals surface area contributed by atoms with Gasteiger partial charge < -0.3 is 29.6 Å². The van der Waals surface area contributed by atoms with Gasteiger partial charge in [0.1, 0.15) is 6.04 Å². The zero-order valence-electron chi connectivity index (χ0n) is 12.6. The smallest absolute Gasteiger partial charge is 0.247 e. The first kappa shape index (κ1) is 13.5. The summed E-state index contributed by atoms with van der Waals surface area (Å²) in [6, 6.07) is 10.2. The topological polar surface area (TPSA) is 83.3 Å². The summed E-state index contributed by atoms with van der Waals surface area (Å²) in [7, 11) is 0. The molecule has 1 fully saturated rings. The number of amides is 1. The molecule has 0 bridgehead atoms. The second-order valence-electron chi connectivity index (χ2n) is 5.83. The van der Waals surface area contributed by atoms with Crippen molar-refractivity contribution in [2.45, 2.75) is 12.1 Å². The number of carbonyl (C=O) groups excluding carboxylic acids is 1. The third-order valence-electron chi connectivity index (χ3n) is 4.51. The normalized spacial score (nSPS) is 23.4. The molecule has 1 amide bonds. The number of anilines is 1. The number of rotatable bonds is 2. The van der Waals surface area contributed by atoms with Gasteiger partial charge in [0.2, 0.25) is 19.5 Å². The Morgan fingerprint density at radius 2 is 1.50 bits per heavy atom. The number of β-lactam (4-membered cyclic amide) rings is 1. The van der Waals surface area contributed by atoms with Crippen LogP contribution in [0.3, 0.4) is 0 Å². The fraction of sp³-hybridized carbons (Fsp3) is 0.235. The van der Waals surface area contributed by atoms with Crippen LogP contribution in [-0.4, -0.2) is 25.5 Å². The molecule has 24 heavy (non-hydrogen) atoms. The minimum atomic E-state index is -0.587. The lowest BCUT2D eigenvalue weighted by Crippen LogP contribution is -2.63. The van der Waals surface area contributed by atoms with Crippen molar-refractivity contribution in [1.29, 1.82) is 0 Å². The van der Waals surface area contributed by atoms with Gasteiger partial charge in [-0.3, -0.25) is 4.79 Å². The van der Waals surface area contributed by atoms with Crippen LogP contribution in [0.1, 0.15) is 11.6 Å². The number of hydrogen-bond acceptors (Lipinski definition) is 6. The Labute approximate surface area is 137 Å². The summed E-state index contributed by atoms with van der Waals surface area (Å²) in [4.78, 5) is 14.0. The molecule has 2 unspecified atom stereocenters. The zero-order chi connectivity index (χ0) is 16.3. The highest BCUT2D eigenvalue weighted by atomic mass is 16.7. The molecule has 7 nitrogen and oxygen atoms in total. The van der Waals surface area contributed by atoms with Gasteiger partial charge in [-0.25, -0.2) is 0 Å². The van der Waals surface area contributed by atoms with E-state index in [0.717, 1.165) is 11.3 Å². The monoisotopic (exact) mass is 326 g/mol. The van der Waals surface area contributed by atoms with Crippen molar-refractivity contribution in [3.05, 3.63) is 42.0 Å². The van der Waals surface area contributed by atoms with E-state index in [1.165, 1.54) is 0 Å². The number of fused-ring (bicyclic) bond motifs is 2. The van der Waals surface area contributed by atoms with Crippen molar-refractivity contribution in [1.82, 2.24) is 0 Å². The van der Waals surface area contributed by atoms with E-state index in [1.54, 1.807) is 17.0 Å². The van der Waals surface area contributed by atoms with Crippen LogP contribution in [0.5, 0.6) is 23.0 Å². The van der Waals surface area contributed by atoms with E-state index in [1.807, 2.05) is 24.3 Å². The average molecular weight is 326 g/mol. The van der Waals surface area contributed by atoms with E-state index < -0.39 is 6.04 Å². The van der Waals surface area contributed by atoms with Gasteiger partial charge in [0.15, 0.2) is 23.0 Å². The van der Waals surface area contributed by atoms with E-state index in [2.05, 4.69) is 0 Å². The lowest BCUT2D eigenvalue weighted by atomic mass is 9.88. The second-order valence-corrected chi connectivity index (χ2v) is 5.83. The third kappa shape index (κ3) is 1.78. The number of ether oxygens (including phenoxy) is 4. The van der Waals surface area contributed by atoms with Crippen molar-refractivity contribution in [2.75, 3.05) is 18.5 Å². The number of nitrogens with two attached hydrogens (primary N) is 1. The van der Waals surface area contributed by atoms with E-state index >= 15 is 0 Å². The van der Waals surface area contributed by atoms with Gasteiger partial charge in [0.25, 0.3) is 0 Å². The molecule has 122 valence electrons. The number of hydrogen-bond donors (Lipinski definition) is 1. The summed E-state index contributed by atoms with van der Waals surface area (Å²) in [5, 5.41) is 0. The Bertz CT molecular complexity index is 853.